The fraction of sp³-hybridized carbons (Fsp3) is 0.208. The van der Waals surface area contributed by atoms with Gasteiger partial charge < -0.3 is 9.84 Å². The molecule has 1 heterocycles. The molecule has 5 heteroatoms. The Kier molecular flexibility index (Phi) is 5.97. The van der Waals surface area contributed by atoms with Crippen LogP contribution in [-0.4, -0.2) is 17.4 Å². The number of hydrogen-bond acceptors (Lipinski definition) is 4. The first-order valence-corrected chi connectivity index (χ1v) is 10.5. The normalized spacial score (nSPS) is 18.9. The third-order valence-corrected chi connectivity index (χ3v) is 5.57. The van der Waals surface area contributed by atoms with E-state index in [1.165, 1.54) is 0 Å². The number of aliphatic imine (C=N–C) groups is 1. The summed E-state index contributed by atoms with van der Waals surface area (Å²) >= 11 is 3.49. The van der Waals surface area contributed by atoms with Gasteiger partial charge in [-0.25, -0.2) is 0 Å². The molecule has 29 heavy (non-hydrogen) atoms. The molecule has 148 valence electrons. The van der Waals surface area contributed by atoms with Crippen molar-refractivity contribution < 1.29 is 9.84 Å². The molecule has 0 aliphatic carbocycles. The van der Waals surface area contributed by atoms with E-state index in [2.05, 4.69) is 45.5 Å². The summed E-state index contributed by atoms with van der Waals surface area (Å²) in [5, 5.41) is 14.0. The van der Waals surface area contributed by atoms with Crippen LogP contribution >= 0.6 is 15.9 Å². The van der Waals surface area contributed by atoms with Gasteiger partial charge in [0.2, 0.25) is 0 Å². The topological polar surface area (TPSA) is 53.8 Å². The molecule has 0 unspecified atom stereocenters. The average molecular weight is 451 g/mol. The Labute approximate surface area is 179 Å². The van der Waals surface area contributed by atoms with Crippen molar-refractivity contribution in [1.82, 2.24) is 5.32 Å². The van der Waals surface area contributed by atoms with E-state index >= 15 is 0 Å². The van der Waals surface area contributed by atoms with Crippen LogP contribution in [0.15, 0.2) is 82.3 Å². The van der Waals surface area contributed by atoms with E-state index in [1.807, 2.05) is 49.4 Å². The third kappa shape index (κ3) is 4.52. The van der Waals surface area contributed by atoms with Crippen LogP contribution in [0.3, 0.4) is 0 Å². The molecule has 3 aromatic rings. The Morgan fingerprint density at radius 1 is 1.03 bits per heavy atom. The van der Waals surface area contributed by atoms with Crippen molar-refractivity contribution in [3.8, 4) is 11.5 Å². The van der Waals surface area contributed by atoms with Gasteiger partial charge in [0.15, 0.2) is 0 Å². The van der Waals surface area contributed by atoms with Gasteiger partial charge in [-0.3, -0.25) is 10.3 Å². The van der Waals surface area contributed by atoms with Crippen molar-refractivity contribution in [2.24, 2.45) is 4.99 Å². The second kappa shape index (κ2) is 8.80. The van der Waals surface area contributed by atoms with Gasteiger partial charge in [0.25, 0.3) is 0 Å². The molecule has 2 atom stereocenters. The molecule has 1 aliphatic heterocycles. The summed E-state index contributed by atoms with van der Waals surface area (Å²) in [5.74, 6) is 1.15. The Morgan fingerprint density at radius 3 is 2.45 bits per heavy atom. The van der Waals surface area contributed by atoms with Crippen LogP contribution in [0.25, 0.3) is 0 Å². The summed E-state index contributed by atoms with van der Waals surface area (Å²) in [6.07, 6.45) is 0.501. The zero-order chi connectivity index (χ0) is 20.2. The number of rotatable bonds is 5. The molecular formula is C24H23BrN2O2. The second-order valence-electron chi connectivity index (χ2n) is 6.97. The van der Waals surface area contributed by atoms with E-state index in [9.17, 15) is 5.11 Å². The molecule has 4 rings (SSSR count). The molecule has 0 saturated heterocycles. The summed E-state index contributed by atoms with van der Waals surface area (Å²) in [6.45, 7) is 2.62. The van der Waals surface area contributed by atoms with Crippen LogP contribution in [0.2, 0.25) is 0 Å². The van der Waals surface area contributed by atoms with Crippen LogP contribution in [0.4, 0.5) is 0 Å². The fourth-order valence-electron chi connectivity index (χ4n) is 3.59. The van der Waals surface area contributed by atoms with Gasteiger partial charge in [0, 0.05) is 28.2 Å². The smallest absolute Gasteiger partial charge is 0.126 e. The van der Waals surface area contributed by atoms with Crippen LogP contribution < -0.4 is 10.1 Å². The van der Waals surface area contributed by atoms with E-state index in [-0.39, 0.29) is 12.2 Å². The molecular weight excluding hydrogens is 428 g/mol. The highest BCUT2D eigenvalue weighted by Gasteiger charge is 2.27. The van der Waals surface area contributed by atoms with Crippen molar-refractivity contribution in [1.29, 1.82) is 0 Å². The van der Waals surface area contributed by atoms with Crippen LogP contribution in [0.1, 0.15) is 42.2 Å². The molecule has 2 N–H and O–H groups in total. The number of nitrogens with zero attached hydrogens (tertiary/aromatic N) is 1. The minimum atomic E-state index is -0.192. The average Bonchev–Trinajstić information content (AvgIpc) is 2.75. The Hall–Kier alpha value is -2.63. The standard InChI is InChI=1S/C24H23BrN2O2/c1-2-29-19-13-9-16(10-14-19)21-15-22(20-5-3-4-6-23(20)28)27-24(26-21)17-7-11-18(25)12-8-17/h3-14,22,24,27-28H,2,15H2,1H3/t22-,24+/m0/s1. The van der Waals surface area contributed by atoms with Gasteiger partial charge in [0.05, 0.1) is 6.61 Å². The van der Waals surface area contributed by atoms with Gasteiger partial charge >= 0.3 is 0 Å². The summed E-state index contributed by atoms with van der Waals surface area (Å²) in [5.41, 5.74) is 4.04. The lowest BCUT2D eigenvalue weighted by Gasteiger charge is -2.31. The molecule has 0 radical (unpaired) electrons. The van der Waals surface area contributed by atoms with Gasteiger partial charge in [-0.2, -0.15) is 0 Å². The summed E-state index contributed by atoms with van der Waals surface area (Å²) < 4.78 is 6.60. The van der Waals surface area contributed by atoms with Gasteiger partial charge in [0.1, 0.15) is 17.7 Å². The van der Waals surface area contributed by atoms with Crippen LogP contribution in [0.5, 0.6) is 11.5 Å². The number of phenols is 1. The number of nitrogens with one attached hydrogen (secondary N) is 1. The number of halogens is 1. The Morgan fingerprint density at radius 2 is 1.76 bits per heavy atom. The van der Waals surface area contributed by atoms with E-state index in [1.54, 1.807) is 6.07 Å². The maximum atomic E-state index is 10.4. The van der Waals surface area contributed by atoms with Gasteiger partial charge in [-0.15, -0.1) is 0 Å². The maximum absolute atomic E-state index is 10.4. The summed E-state index contributed by atoms with van der Waals surface area (Å²) in [6, 6.07) is 23.7. The first-order chi connectivity index (χ1) is 14.1. The first-order valence-electron chi connectivity index (χ1n) is 9.73. The zero-order valence-corrected chi connectivity index (χ0v) is 17.8. The lowest BCUT2D eigenvalue weighted by molar-refractivity contribution is 0.340. The van der Waals surface area contributed by atoms with E-state index < -0.39 is 0 Å². The summed E-state index contributed by atoms with van der Waals surface area (Å²) in [7, 11) is 0. The number of benzene rings is 3. The van der Waals surface area contributed by atoms with Crippen molar-refractivity contribution in [3.63, 3.8) is 0 Å². The quantitative estimate of drug-likeness (QED) is 0.518. The molecule has 0 spiro atoms. The third-order valence-electron chi connectivity index (χ3n) is 5.04. The van der Waals surface area contributed by atoms with Crippen LogP contribution in [0, 0.1) is 0 Å². The number of ether oxygens (including phenoxy) is 1. The summed E-state index contributed by atoms with van der Waals surface area (Å²) in [4.78, 5) is 5.00. The highest BCUT2D eigenvalue weighted by molar-refractivity contribution is 9.10. The highest BCUT2D eigenvalue weighted by atomic mass is 79.9. The number of hydrogen-bond donors (Lipinski definition) is 2. The minimum absolute atomic E-state index is 0.0380. The second-order valence-corrected chi connectivity index (χ2v) is 7.89. The van der Waals surface area contributed by atoms with E-state index in [4.69, 9.17) is 9.73 Å². The highest BCUT2D eigenvalue weighted by Crippen LogP contribution is 2.34. The van der Waals surface area contributed by atoms with E-state index in [0.717, 1.165) is 32.6 Å². The molecule has 3 aromatic carbocycles. The maximum Gasteiger partial charge on any atom is 0.126 e. The lowest BCUT2D eigenvalue weighted by Crippen LogP contribution is -2.33. The molecule has 1 aliphatic rings. The SMILES string of the molecule is CCOc1ccc(C2=N[C@@H](c3ccc(Br)cc3)N[C@H](c3ccccc3O)C2)cc1. The number of aromatic hydroxyl groups is 1. The van der Waals surface area contributed by atoms with Gasteiger partial charge in [-0.1, -0.05) is 46.3 Å². The molecule has 0 fully saturated rings. The molecule has 0 saturated carbocycles. The number of phenolic OH excluding ortho intramolecular Hbond substituents is 1. The molecule has 0 aromatic heterocycles. The predicted octanol–water partition coefficient (Wildman–Crippen LogP) is 5.78. The first kappa shape index (κ1) is 19.7. The predicted molar refractivity (Wildman–Crippen MR) is 120 cm³/mol. The fourth-order valence-corrected chi connectivity index (χ4v) is 3.85. The number of para-hydroxylation sites is 1. The largest absolute Gasteiger partial charge is 0.508 e. The Balaban J connectivity index is 1.71. The minimum Gasteiger partial charge on any atom is -0.508 e. The van der Waals surface area contributed by atoms with Crippen molar-refractivity contribution in [2.75, 3.05) is 6.61 Å². The molecule has 0 bridgehead atoms. The van der Waals surface area contributed by atoms with E-state index in [0.29, 0.717) is 18.8 Å². The zero-order valence-electron chi connectivity index (χ0n) is 16.2. The van der Waals surface area contributed by atoms with Crippen molar-refractivity contribution >= 4 is 21.6 Å². The van der Waals surface area contributed by atoms with Crippen molar-refractivity contribution in [3.05, 3.63) is 94.0 Å². The van der Waals surface area contributed by atoms with Crippen molar-refractivity contribution in [2.45, 2.75) is 25.6 Å². The monoisotopic (exact) mass is 450 g/mol. The molecule has 4 nitrogen and oxygen atoms in total. The van der Waals surface area contributed by atoms with Gasteiger partial charge in [-0.05, 0) is 60.5 Å². The molecule has 0 amide bonds. The lowest BCUT2D eigenvalue weighted by atomic mass is 9.93. The Bertz CT molecular complexity index is 1000. The van der Waals surface area contributed by atoms with Crippen LogP contribution in [-0.2, 0) is 0 Å².